The van der Waals surface area contributed by atoms with Gasteiger partial charge in [-0.25, -0.2) is 18.7 Å². The van der Waals surface area contributed by atoms with Crippen molar-refractivity contribution in [3.8, 4) is 11.3 Å². The summed E-state index contributed by atoms with van der Waals surface area (Å²) >= 11 is 0. The first kappa shape index (κ1) is 17.7. The molecule has 2 aromatic carbocycles. The molecule has 6 heteroatoms. The van der Waals surface area contributed by atoms with Gasteiger partial charge in [-0.2, -0.15) is 0 Å². The van der Waals surface area contributed by atoms with Gasteiger partial charge in [-0.15, -0.1) is 0 Å². The van der Waals surface area contributed by atoms with Crippen molar-refractivity contribution in [2.75, 3.05) is 5.32 Å². The first-order valence-electron chi connectivity index (χ1n) is 8.22. The summed E-state index contributed by atoms with van der Waals surface area (Å²) in [6.45, 7) is 1.92. The molecule has 0 atom stereocenters. The fraction of sp³-hybridized carbons (Fsp3) is 0.150. The molecule has 0 aliphatic heterocycles. The molecule has 26 heavy (non-hydrogen) atoms. The number of aryl methyl sites for hydroxylation is 1. The van der Waals surface area contributed by atoms with E-state index in [1.165, 1.54) is 6.07 Å². The molecule has 132 valence electrons. The monoisotopic (exact) mass is 353 g/mol. The van der Waals surface area contributed by atoms with E-state index in [2.05, 4.69) is 15.3 Å². The molecule has 0 radical (unpaired) electrons. The summed E-state index contributed by atoms with van der Waals surface area (Å²) in [5.74, 6) is -1.91. The number of carbonyl (C=O) groups excluding carboxylic acids is 1. The summed E-state index contributed by atoms with van der Waals surface area (Å²) in [7, 11) is 0. The molecule has 1 aromatic heterocycles. The molecule has 0 aliphatic rings. The lowest BCUT2D eigenvalue weighted by atomic mass is 10.1. The van der Waals surface area contributed by atoms with E-state index in [1.54, 1.807) is 6.20 Å². The summed E-state index contributed by atoms with van der Waals surface area (Å²) in [6, 6.07) is 13.0. The maximum atomic E-state index is 13.3. The SMILES string of the molecule is CCc1nc(-c2ccccc2)cnc1NC(=O)Cc1ccc(F)c(F)c1. The zero-order valence-corrected chi connectivity index (χ0v) is 14.2. The third-order valence-corrected chi connectivity index (χ3v) is 3.86. The fourth-order valence-corrected chi connectivity index (χ4v) is 2.54. The Morgan fingerprint density at radius 1 is 1.08 bits per heavy atom. The standard InChI is InChI=1S/C20H17F2N3O/c1-2-17-20(23-12-18(24-17)14-6-4-3-5-7-14)25-19(26)11-13-8-9-15(21)16(22)10-13/h3-10,12H,2,11H2,1H3,(H,23,25,26). The van der Waals surface area contributed by atoms with Crippen molar-refractivity contribution in [2.24, 2.45) is 0 Å². The highest BCUT2D eigenvalue weighted by Gasteiger charge is 2.12. The Hall–Kier alpha value is -3.15. The smallest absolute Gasteiger partial charge is 0.229 e. The quantitative estimate of drug-likeness (QED) is 0.749. The van der Waals surface area contributed by atoms with Crippen molar-refractivity contribution in [3.63, 3.8) is 0 Å². The van der Waals surface area contributed by atoms with Gasteiger partial charge in [-0.05, 0) is 24.1 Å². The van der Waals surface area contributed by atoms with Crippen molar-refractivity contribution in [1.82, 2.24) is 9.97 Å². The van der Waals surface area contributed by atoms with Gasteiger partial charge in [0, 0.05) is 5.56 Å². The Kier molecular flexibility index (Phi) is 5.31. The first-order valence-corrected chi connectivity index (χ1v) is 8.22. The number of carbonyl (C=O) groups is 1. The number of amides is 1. The Bertz CT molecular complexity index is 930. The molecule has 0 saturated heterocycles. The zero-order valence-electron chi connectivity index (χ0n) is 14.2. The summed E-state index contributed by atoms with van der Waals surface area (Å²) in [6.07, 6.45) is 2.11. The van der Waals surface area contributed by atoms with Crippen LogP contribution >= 0.6 is 0 Å². The van der Waals surface area contributed by atoms with Gasteiger partial charge in [0.1, 0.15) is 0 Å². The van der Waals surface area contributed by atoms with E-state index in [1.807, 2.05) is 37.3 Å². The average molecular weight is 353 g/mol. The van der Waals surface area contributed by atoms with Gasteiger partial charge in [-0.3, -0.25) is 4.79 Å². The Morgan fingerprint density at radius 2 is 1.85 bits per heavy atom. The highest BCUT2D eigenvalue weighted by Crippen LogP contribution is 2.20. The van der Waals surface area contributed by atoms with Crippen LogP contribution in [0.2, 0.25) is 0 Å². The Morgan fingerprint density at radius 3 is 2.54 bits per heavy atom. The molecule has 0 fully saturated rings. The number of anilines is 1. The summed E-state index contributed by atoms with van der Waals surface area (Å²) in [4.78, 5) is 21.1. The third-order valence-electron chi connectivity index (χ3n) is 3.86. The number of nitrogens with zero attached hydrogens (tertiary/aromatic N) is 2. The van der Waals surface area contributed by atoms with E-state index in [0.29, 0.717) is 23.5 Å². The van der Waals surface area contributed by atoms with Crippen LogP contribution in [0.25, 0.3) is 11.3 Å². The van der Waals surface area contributed by atoms with Crippen molar-refractivity contribution < 1.29 is 13.6 Å². The molecule has 0 bridgehead atoms. The number of aromatic nitrogens is 2. The van der Waals surface area contributed by atoms with E-state index >= 15 is 0 Å². The first-order chi connectivity index (χ1) is 12.6. The van der Waals surface area contributed by atoms with Crippen LogP contribution in [0.15, 0.2) is 54.7 Å². The van der Waals surface area contributed by atoms with Crippen molar-refractivity contribution >= 4 is 11.7 Å². The topological polar surface area (TPSA) is 54.9 Å². The van der Waals surface area contributed by atoms with Gasteiger partial charge in [0.2, 0.25) is 5.91 Å². The highest BCUT2D eigenvalue weighted by molar-refractivity contribution is 5.91. The van der Waals surface area contributed by atoms with Crippen LogP contribution in [0.3, 0.4) is 0 Å². The van der Waals surface area contributed by atoms with E-state index in [9.17, 15) is 13.6 Å². The minimum atomic E-state index is -0.975. The van der Waals surface area contributed by atoms with Crippen molar-refractivity contribution in [2.45, 2.75) is 19.8 Å². The molecule has 0 saturated carbocycles. The summed E-state index contributed by atoms with van der Waals surface area (Å²) < 4.78 is 26.2. The van der Waals surface area contributed by atoms with E-state index in [4.69, 9.17) is 0 Å². The van der Waals surface area contributed by atoms with Crippen LogP contribution in [0.5, 0.6) is 0 Å². The van der Waals surface area contributed by atoms with E-state index in [-0.39, 0.29) is 12.3 Å². The second kappa shape index (κ2) is 7.82. The third kappa shape index (κ3) is 4.08. The van der Waals surface area contributed by atoms with Gasteiger partial charge >= 0.3 is 0 Å². The van der Waals surface area contributed by atoms with Crippen LogP contribution in [-0.2, 0) is 17.6 Å². The largest absolute Gasteiger partial charge is 0.309 e. The van der Waals surface area contributed by atoms with Crippen molar-refractivity contribution in [1.29, 1.82) is 0 Å². The van der Waals surface area contributed by atoms with Gasteiger partial charge in [-0.1, -0.05) is 43.3 Å². The lowest BCUT2D eigenvalue weighted by molar-refractivity contribution is -0.115. The minimum absolute atomic E-state index is 0.0809. The van der Waals surface area contributed by atoms with Crippen LogP contribution in [0.4, 0.5) is 14.6 Å². The normalized spacial score (nSPS) is 10.6. The molecular formula is C20H17F2N3O. The Balaban J connectivity index is 1.76. The fourth-order valence-electron chi connectivity index (χ4n) is 2.54. The van der Waals surface area contributed by atoms with Gasteiger partial charge in [0.05, 0.1) is 24.0 Å². The second-order valence-electron chi connectivity index (χ2n) is 5.74. The molecule has 1 heterocycles. The van der Waals surface area contributed by atoms with E-state index < -0.39 is 11.6 Å². The maximum Gasteiger partial charge on any atom is 0.229 e. The molecule has 3 aromatic rings. The highest BCUT2D eigenvalue weighted by atomic mass is 19.2. The molecular weight excluding hydrogens is 336 g/mol. The molecule has 0 unspecified atom stereocenters. The molecule has 1 N–H and O–H groups in total. The number of benzene rings is 2. The number of rotatable bonds is 5. The van der Waals surface area contributed by atoms with Gasteiger partial charge in [0.15, 0.2) is 17.5 Å². The van der Waals surface area contributed by atoms with Crippen molar-refractivity contribution in [3.05, 3.63) is 77.6 Å². The summed E-state index contributed by atoms with van der Waals surface area (Å²) in [5.41, 5.74) is 2.70. The molecule has 0 spiro atoms. The molecule has 1 amide bonds. The number of hydrogen-bond acceptors (Lipinski definition) is 3. The lowest BCUT2D eigenvalue weighted by Gasteiger charge is -2.10. The average Bonchev–Trinajstić information content (AvgIpc) is 2.65. The number of hydrogen-bond donors (Lipinski definition) is 1. The van der Waals surface area contributed by atoms with Crippen LogP contribution in [-0.4, -0.2) is 15.9 Å². The predicted octanol–water partition coefficient (Wildman–Crippen LogP) is 4.17. The van der Waals surface area contributed by atoms with E-state index in [0.717, 1.165) is 23.4 Å². The maximum absolute atomic E-state index is 13.3. The zero-order chi connectivity index (χ0) is 18.5. The minimum Gasteiger partial charge on any atom is -0.309 e. The molecule has 0 aliphatic carbocycles. The van der Waals surface area contributed by atoms with Crippen LogP contribution in [0.1, 0.15) is 18.2 Å². The lowest BCUT2D eigenvalue weighted by Crippen LogP contribution is -2.17. The van der Waals surface area contributed by atoms with Crippen LogP contribution in [0, 0.1) is 11.6 Å². The molecule has 3 rings (SSSR count). The Labute approximate surface area is 149 Å². The second-order valence-corrected chi connectivity index (χ2v) is 5.74. The molecule has 4 nitrogen and oxygen atoms in total. The number of nitrogens with one attached hydrogen (secondary N) is 1. The van der Waals surface area contributed by atoms with Crippen LogP contribution < -0.4 is 5.32 Å². The summed E-state index contributed by atoms with van der Waals surface area (Å²) in [5, 5.41) is 2.69. The van der Waals surface area contributed by atoms with Gasteiger partial charge < -0.3 is 5.32 Å². The van der Waals surface area contributed by atoms with Gasteiger partial charge in [0.25, 0.3) is 0 Å². The number of halogens is 2. The predicted molar refractivity (Wildman–Crippen MR) is 95.5 cm³/mol.